The van der Waals surface area contributed by atoms with Gasteiger partial charge in [-0.1, -0.05) is 59.6 Å². The van der Waals surface area contributed by atoms with E-state index in [1.165, 1.54) is 9.87 Å². The Bertz CT molecular complexity index is 815. The van der Waals surface area contributed by atoms with Gasteiger partial charge in [-0.15, -0.1) is 0 Å². The van der Waals surface area contributed by atoms with Crippen molar-refractivity contribution >= 4 is 33.2 Å². The van der Waals surface area contributed by atoms with Crippen LogP contribution in [0.25, 0.3) is 0 Å². The van der Waals surface area contributed by atoms with Crippen LogP contribution in [0.4, 0.5) is 0 Å². The Morgan fingerprint density at radius 3 is 2.00 bits per heavy atom. The largest absolute Gasteiger partial charge is 0.294 e. The number of benzene rings is 2. The summed E-state index contributed by atoms with van der Waals surface area (Å²) in [5, 5.41) is 0.320. The van der Waals surface area contributed by atoms with Gasteiger partial charge >= 0.3 is 0 Å². The van der Waals surface area contributed by atoms with Gasteiger partial charge in [-0.05, 0) is 24.6 Å². The second kappa shape index (κ2) is 7.64. The number of hydrogen-bond acceptors (Lipinski definition) is 3. The molecule has 25 heavy (non-hydrogen) atoms. The number of halogens is 2. The molecular formula is C18H20Cl2N2O2S. The topological polar surface area (TPSA) is 40.6 Å². The normalized spacial score (nSPS) is 18.2. The highest BCUT2D eigenvalue weighted by Crippen LogP contribution is 2.32. The minimum absolute atomic E-state index is 0.00268. The molecule has 1 fully saturated rings. The van der Waals surface area contributed by atoms with E-state index < -0.39 is 10.0 Å². The van der Waals surface area contributed by atoms with E-state index in [0.29, 0.717) is 26.2 Å². The molecule has 0 saturated carbocycles. The predicted octanol–water partition coefficient (Wildman–Crippen LogP) is 4.06. The van der Waals surface area contributed by atoms with Crippen molar-refractivity contribution in [3.05, 3.63) is 64.1 Å². The molecule has 0 aromatic heterocycles. The zero-order chi connectivity index (χ0) is 18.0. The Labute approximate surface area is 159 Å². The third-order valence-electron chi connectivity index (χ3n) is 4.62. The summed E-state index contributed by atoms with van der Waals surface area (Å²) in [5.41, 5.74) is 1.23. The maximum atomic E-state index is 12.9. The Balaban J connectivity index is 1.74. The summed E-state index contributed by atoms with van der Waals surface area (Å²) in [4.78, 5) is 2.29. The average molecular weight is 399 g/mol. The van der Waals surface area contributed by atoms with Crippen LogP contribution in [-0.2, 0) is 10.0 Å². The third-order valence-corrected chi connectivity index (χ3v) is 7.47. The molecule has 3 rings (SSSR count). The van der Waals surface area contributed by atoms with E-state index >= 15 is 0 Å². The highest BCUT2D eigenvalue weighted by molar-refractivity contribution is 7.89. The van der Waals surface area contributed by atoms with Crippen LogP contribution in [0.5, 0.6) is 0 Å². The van der Waals surface area contributed by atoms with Crippen LogP contribution >= 0.6 is 23.2 Å². The van der Waals surface area contributed by atoms with Gasteiger partial charge in [0.25, 0.3) is 0 Å². The minimum Gasteiger partial charge on any atom is -0.294 e. The zero-order valence-electron chi connectivity index (χ0n) is 13.9. The van der Waals surface area contributed by atoms with Crippen molar-refractivity contribution in [2.75, 3.05) is 26.2 Å². The second-order valence-corrected chi connectivity index (χ2v) is 8.77. The molecule has 2 aromatic rings. The van der Waals surface area contributed by atoms with Gasteiger partial charge in [0, 0.05) is 32.2 Å². The van der Waals surface area contributed by atoms with Crippen LogP contribution in [0.1, 0.15) is 18.5 Å². The second-order valence-electron chi connectivity index (χ2n) is 6.08. The lowest BCUT2D eigenvalue weighted by molar-refractivity contribution is 0.146. The Kier molecular flexibility index (Phi) is 5.71. The summed E-state index contributed by atoms with van der Waals surface area (Å²) in [6, 6.07) is 15.2. The summed E-state index contributed by atoms with van der Waals surface area (Å²) in [6.07, 6.45) is 0. The van der Waals surface area contributed by atoms with Gasteiger partial charge in [0.15, 0.2) is 0 Å². The van der Waals surface area contributed by atoms with Crippen LogP contribution in [0.15, 0.2) is 53.4 Å². The first-order valence-electron chi connectivity index (χ1n) is 8.14. The van der Waals surface area contributed by atoms with E-state index in [1.54, 1.807) is 18.2 Å². The highest BCUT2D eigenvalue weighted by Gasteiger charge is 2.33. The molecule has 0 radical (unpaired) electrons. The number of hydrogen-bond donors (Lipinski definition) is 0. The lowest BCUT2D eigenvalue weighted by Crippen LogP contribution is -2.49. The van der Waals surface area contributed by atoms with Crippen LogP contribution < -0.4 is 0 Å². The van der Waals surface area contributed by atoms with Gasteiger partial charge in [0.05, 0.1) is 10.0 Å². The van der Waals surface area contributed by atoms with Crippen molar-refractivity contribution in [1.82, 2.24) is 9.21 Å². The number of rotatable bonds is 4. The van der Waals surface area contributed by atoms with Crippen LogP contribution in [0.3, 0.4) is 0 Å². The summed E-state index contributed by atoms with van der Waals surface area (Å²) in [6.45, 7) is 4.31. The molecule has 134 valence electrons. The number of sulfonamides is 1. The van der Waals surface area contributed by atoms with Crippen LogP contribution in [-0.4, -0.2) is 43.8 Å². The monoisotopic (exact) mass is 398 g/mol. The van der Waals surface area contributed by atoms with Crippen molar-refractivity contribution in [2.24, 2.45) is 0 Å². The first-order valence-corrected chi connectivity index (χ1v) is 10.3. The molecule has 0 spiro atoms. The maximum Gasteiger partial charge on any atom is 0.246 e. The molecule has 1 heterocycles. The lowest BCUT2D eigenvalue weighted by atomic mass is 10.1. The molecule has 1 atom stereocenters. The first-order chi connectivity index (χ1) is 11.9. The van der Waals surface area contributed by atoms with E-state index in [2.05, 4.69) is 24.0 Å². The molecule has 1 saturated heterocycles. The lowest BCUT2D eigenvalue weighted by Gasteiger charge is -2.37. The summed E-state index contributed by atoms with van der Waals surface area (Å²) >= 11 is 12.2. The molecule has 1 aliphatic rings. The summed E-state index contributed by atoms with van der Waals surface area (Å²) in [5.74, 6) is 0. The SMILES string of the molecule is C[C@@H](c1ccccc1)N1CCN(S(=O)(=O)c2c(Cl)cccc2Cl)CC1. The smallest absolute Gasteiger partial charge is 0.246 e. The van der Waals surface area contributed by atoms with Crippen molar-refractivity contribution < 1.29 is 8.42 Å². The molecule has 0 N–H and O–H groups in total. The molecule has 1 aliphatic heterocycles. The average Bonchev–Trinajstić information content (AvgIpc) is 2.61. The first kappa shape index (κ1) is 18.7. The fourth-order valence-corrected chi connectivity index (χ4v) is 5.65. The van der Waals surface area contributed by atoms with E-state index in [0.717, 1.165) is 0 Å². The molecule has 0 bridgehead atoms. The molecule has 7 heteroatoms. The Hall–Kier alpha value is -1.11. The van der Waals surface area contributed by atoms with E-state index in [9.17, 15) is 8.42 Å². The van der Waals surface area contributed by atoms with Gasteiger partial charge in [-0.3, -0.25) is 4.90 Å². The Morgan fingerprint density at radius 2 is 1.44 bits per heavy atom. The molecule has 0 unspecified atom stereocenters. The van der Waals surface area contributed by atoms with Crippen LogP contribution in [0.2, 0.25) is 10.0 Å². The van der Waals surface area contributed by atoms with Gasteiger partial charge in [0.1, 0.15) is 4.90 Å². The minimum atomic E-state index is -3.69. The summed E-state index contributed by atoms with van der Waals surface area (Å²) < 4.78 is 27.3. The van der Waals surface area contributed by atoms with Crippen molar-refractivity contribution in [1.29, 1.82) is 0 Å². The fourth-order valence-electron chi connectivity index (χ4n) is 3.13. The van der Waals surface area contributed by atoms with E-state index in [1.807, 2.05) is 18.2 Å². The van der Waals surface area contributed by atoms with Gasteiger partial charge in [-0.2, -0.15) is 4.31 Å². The van der Waals surface area contributed by atoms with E-state index in [4.69, 9.17) is 23.2 Å². The highest BCUT2D eigenvalue weighted by atomic mass is 35.5. The molecule has 0 amide bonds. The zero-order valence-corrected chi connectivity index (χ0v) is 16.2. The maximum absolute atomic E-state index is 12.9. The molecule has 2 aromatic carbocycles. The standard InChI is InChI=1S/C18H20Cl2N2O2S/c1-14(15-6-3-2-4-7-15)21-10-12-22(13-11-21)25(23,24)18-16(19)8-5-9-17(18)20/h2-9,14H,10-13H2,1H3/t14-/m0/s1. The quantitative estimate of drug-likeness (QED) is 0.779. The molecule has 0 aliphatic carbocycles. The summed E-state index contributed by atoms with van der Waals surface area (Å²) in [7, 11) is -3.69. The molecular weight excluding hydrogens is 379 g/mol. The number of nitrogens with zero attached hydrogens (tertiary/aromatic N) is 2. The van der Waals surface area contributed by atoms with Crippen LogP contribution in [0, 0.1) is 0 Å². The van der Waals surface area contributed by atoms with Crippen molar-refractivity contribution in [2.45, 2.75) is 17.9 Å². The third kappa shape index (κ3) is 3.86. The van der Waals surface area contributed by atoms with E-state index in [-0.39, 0.29) is 21.0 Å². The predicted molar refractivity (Wildman–Crippen MR) is 102 cm³/mol. The van der Waals surface area contributed by atoms with Gasteiger partial charge in [-0.25, -0.2) is 8.42 Å². The fraction of sp³-hybridized carbons (Fsp3) is 0.333. The Morgan fingerprint density at radius 1 is 0.880 bits per heavy atom. The van der Waals surface area contributed by atoms with Gasteiger partial charge < -0.3 is 0 Å². The van der Waals surface area contributed by atoms with Gasteiger partial charge in [0.2, 0.25) is 10.0 Å². The molecule has 4 nitrogen and oxygen atoms in total. The van der Waals surface area contributed by atoms with Crippen molar-refractivity contribution in [3.63, 3.8) is 0 Å². The van der Waals surface area contributed by atoms with Crippen molar-refractivity contribution in [3.8, 4) is 0 Å². The number of piperazine rings is 1.